The van der Waals surface area contributed by atoms with E-state index in [1.807, 2.05) is 60.1 Å². The first-order valence-corrected chi connectivity index (χ1v) is 6.37. The first-order chi connectivity index (χ1) is 9.76. The molecule has 0 bridgehead atoms. The van der Waals surface area contributed by atoms with E-state index in [0.717, 1.165) is 23.2 Å². The maximum absolute atomic E-state index is 11.0. The second kappa shape index (κ2) is 5.17. The van der Waals surface area contributed by atoms with Crippen molar-refractivity contribution in [2.24, 2.45) is 0 Å². The lowest BCUT2D eigenvalue weighted by atomic mass is 10.1. The van der Waals surface area contributed by atoms with E-state index in [-0.39, 0.29) is 0 Å². The Morgan fingerprint density at radius 3 is 3.00 bits per heavy atom. The second-order valence-corrected chi connectivity index (χ2v) is 4.65. The lowest BCUT2D eigenvalue weighted by Gasteiger charge is -2.07. The van der Waals surface area contributed by atoms with Gasteiger partial charge in [0.15, 0.2) is 6.29 Å². The van der Waals surface area contributed by atoms with E-state index < -0.39 is 0 Å². The molecule has 0 fully saturated rings. The number of nitrogens with zero attached hydrogens (tertiary/aromatic N) is 2. The Hall–Kier alpha value is -2.62. The van der Waals surface area contributed by atoms with Crippen LogP contribution in [0.2, 0.25) is 0 Å². The molecule has 1 aromatic carbocycles. The molecule has 4 heteroatoms. The van der Waals surface area contributed by atoms with Crippen LogP contribution in [-0.4, -0.2) is 15.7 Å². The van der Waals surface area contributed by atoms with E-state index in [1.54, 1.807) is 0 Å². The number of hydrogen-bond acceptors (Lipinski definition) is 3. The fourth-order valence-corrected chi connectivity index (χ4v) is 2.10. The number of fused-ring (bicyclic) bond motifs is 1. The zero-order valence-electron chi connectivity index (χ0n) is 11.1. The van der Waals surface area contributed by atoms with Gasteiger partial charge >= 0.3 is 0 Å². The average Bonchev–Trinajstić information content (AvgIpc) is 2.88. The number of benzene rings is 1. The highest BCUT2D eigenvalue weighted by molar-refractivity contribution is 5.79. The lowest BCUT2D eigenvalue weighted by Crippen LogP contribution is -1.98. The molecule has 0 aliphatic rings. The van der Waals surface area contributed by atoms with Crippen molar-refractivity contribution in [2.75, 3.05) is 0 Å². The molecule has 100 valence electrons. The van der Waals surface area contributed by atoms with E-state index in [1.165, 1.54) is 0 Å². The Labute approximate surface area is 116 Å². The largest absolute Gasteiger partial charge is 0.486 e. The van der Waals surface area contributed by atoms with Crippen LogP contribution in [0.25, 0.3) is 5.65 Å². The number of imidazole rings is 1. The van der Waals surface area contributed by atoms with Crippen LogP contribution in [0.15, 0.2) is 48.8 Å². The highest BCUT2D eigenvalue weighted by Gasteiger charge is 2.06. The molecule has 4 nitrogen and oxygen atoms in total. The molecule has 2 heterocycles. The third-order valence-corrected chi connectivity index (χ3v) is 3.08. The van der Waals surface area contributed by atoms with E-state index in [2.05, 4.69) is 4.98 Å². The summed E-state index contributed by atoms with van der Waals surface area (Å²) in [5.74, 6) is 0.586. The Bertz CT molecular complexity index is 729. The van der Waals surface area contributed by atoms with E-state index in [9.17, 15) is 4.79 Å². The fourth-order valence-electron chi connectivity index (χ4n) is 2.10. The van der Waals surface area contributed by atoms with Crippen LogP contribution in [0, 0.1) is 6.92 Å². The fraction of sp³-hybridized carbons (Fsp3) is 0.125. The normalized spacial score (nSPS) is 10.7. The Balaban J connectivity index is 1.80. The molecular formula is C16H14N2O2. The number of aldehydes is 1. The summed E-state index contributed by atoms with van der Waals surface area (Å²) in [5, 5.41) is 0. The molecule has 0 unspecified atom stereocenters. The summed E-state index contributed by atoms with van der Waals surface area (Å²) >= 11 is 0. The van der Waals surface area contributed by atoms with Gasteiger partial charge in [-0.3, -0.25) is 4.79 Å². The van der Waals surface area contributed by atoms with Crippen LogP contribution < -0.4 is 4.74 Å². The van der Waals surface area contributed by atoms with E-state index >= 15 is 0 Å². The monoisotopic (exact) mass is 266 g/mol. The minimum Gasteiger partial charge on any atom is -0.486 e. The van der Waals surface area contributed by atoms with Gasteiger partial charge in [-0.2, -0.15) is 0 Å². The smallest absolute Gasteiger partial charge is 0.153 e. The number of hydrogen-bond donors (Lipinski definition) is 0. The lowest BCUT2D eigenvalue weighted by molar-refractivity contribution is 0.111. The van der Waals surface area contributed by atoms with Crippen molar-refractivity contribution in [3.05, 3.63) is 65.6 Å². The van der Waals surface area contributed by atoms with Gasteiger partial charge < -0.3 is 9.14 Å². The Morgan fingerprint density at radius 1 is 1.30 bits per heavy atom. The van der Waals surface area contributed by atoms with Crippen LogP contribution in [0.3, 0.4) is 0 Å². The van der Waals surface area contributed by atoms with Gasteiger partial charge in [0.1, 0.15) is 18.0 Å². The maximum atomic E-state index is 11.0. The van der Waals surface area contributed by atoms with Gasteiger partial charge in [-0.15, -0.1) is 0 Å². The van der Waals surface area contributed by atoms with Crippen molar-refractivity contribution >= 4 is 11.9 Å². The molecule has 0 aliphatic heterocycles. The Morgan fingerprint density at radius 2 is 2.20 bits per heavy atom. The first-order valence-electron chi connectivity index (χ1n) is 6.37. The summed E-state index contributed by atoms with van der Waals surface area (Å²) in [7, 11) is 0. The van der Waals surface area contributed by atoms with Crippen LogP contribution in [0.5, 0.6) is 5.75 Å². The number of aromatic nitrogens is 2. The minimum absolute atomic E-state index is 0.339. The summed E-state index contributed by atoms with van der Waals surface area (Å²) in [6.45, 7) is 2.28. The molecule has 0 saturated heterocycles. The van der Waals surface area contributed by atoms with Gasteiger partial charge in [0.25, 0.3) is 0 Å². The molecule has 3 aromatic rings. The van der Waals surface area contributed by atoms with Crippen LogP contribution in [-0.2, 0) is 6.61 Å². The van der Waals surface area contributed by atoms with Gasteiger partial charge in [0.2, 0.25) is 0 Å². The minimum atomic E-state index is 0.339. The van der Waals surface area contributed by atoms with E-state index in [0.29, 0.717) is 17.9 Å². The molecule has 0 amide bonds. The summed E-state index contributed by atoms with van der Waals surface area (Å²) in [5.41, 5.74) is 3.31. The van der Waals surface area contributed by atoms with Gasteiger partial charge in [-0.1, -0.05) is 17.7 Å². The number of pyridine rings is 1. The molecular weight excluding hydrogens is 252 g/mol. The molecule has 2 aromatic heterocycles. The summed E-state index contributed by atoms with van der Waals surface area (Å²) in [6, 6.07) is 11.4. The predicted octanol–water partition coefficient (Wildman–Crippen LogP) is 3.03. The van der Waals surface area contributed by atoms with Crippen molar-refractivity contribution in [3.63, 3.8) is 0 Å². The Kier molecular flexibility index (Phi) is 3.21. The summed E-state index contributed by atoms with van der Waals surface area (Å²) in [6.07, 6.45) is 4.67. The highest BCUT2D eigenvalue weighted by Crippen LogP contribution is 2.19. The number of carbonyl (C=O) groups is 1. The molecule has 0 N–H and O–H groups in total. The highest BCUT2D eigenvalue weighted by atomic mass is 16.5. The molecule has 0 saturated carbocycles. The third-order valence-electron chi connectivity index (χ3n) is 3.08. The van der Waals surface area contributed by atoms with Gasteiger partial charge in [-0.25, -0.2) is 4.98 Å². The molecule has 0 atom stereocenters. The van der Waals surface area contributed by atoms with Crippen LogP contribution >= 0.6 is 0 Å². The molecule has 3 rings (SSSR count). The SMILES string of the molecule is Cc1ccc(OCc2cn3ccccc3n2)c(C=O)c1. The number of carbonyl (C=O) groups excluding carboxylic acids is 1. The number of rotatable bonds is 4. The summed E-state index contributed by atoms with van der Waals surface area (Å²) in [4.78, 5) is 15.5. The van der Waals surface area contributed by atoms with Crippen molar-refractivity contribution in [1.29, 1.82) is 0 Å². The number of aryl methyl sites for hydroxylation is 1. The quantitative estimate of drug-likeness (QED) is 0.682. The first kappa shape index (κ1) is 12.4. The zero-order chi connectivity index (χ0) is 13.9. The van der Waals surface area contributed by atoms with Crippen molar-refractivity contribution < 1.29 is 9.53 Å². The standard InChI is InChI=1S/C16H14N2O2/c1-12-5-6-15(13(8-12)10-19)20-11-14-9-18-7-3-2-4-16(18)17-14/h2-10H,11H2,1H3. The number of ether oxygens (including phenoxy) is 1. The zero-order valence-corrected chi connectivity index (χ0v) is 11.1. The van der Waals surface area contributed by atoms with Gasteiger partial charge in [-0.05, 0) is 31.2 Å². The topological polar surface area (TPSA) is 43.6 Å². The molecule has 0 spiro atoms. The van der Waals surface area contributed by atoms with Crippen molar-refractivity contribution in [3.8, 4) is 5.75 Å². The predicted molar refractivity (Wildman–Crippen MR) is 76.1 cm³/mol. The van der Waals surface area contributed by atoms with Crippen molar-refractivity contribution in [1.82, 2.24) is 9.38 Å². The molecule has 20 heavy (non-hydrogen) atoms. The molecule has 0 radical (unpaired) electrons. The third kappa shape index (κ3) is 2.40. The maximum Gasteiger partial charge on any atom is 0.153 e. The summed E-state index contributed by atoms with van der Waals surface area (Å²) < 4.78 is 7.63. The average molecular weight is 266 g/mol. The second-order valence-electron chi connectivity index (χ2n) is 4.65. The van der Waals surface area contributed by atoms with Crippen LogP contribution in [0.4, 0.5) is 0 Å². The van der Waals surface area contributed by atoms with Crippen molar-refractivity contribution in [2.45, 2.75) is 13.5 Å². The van der Waals surface area contributed by atoms with Gasteiger partial charge in [0.05, 0.1) is 11.3 Å². The van der Waals surface area contributed by atoms with Gasteiger partial charge in [0, 0.05) is 12.4 Å². The van der Waals surface area contributed by atoms with Crippen LogP contribution in [0.1, 0.15) is 21.6 Å². The molecule has 0 aliphatic carbocycles. The van der Waals surface area contributed by atoms with E-state index in [4.69, 9.17) is 4.74 Å².